The number of aromatic nitrogens is 2. The van der Waals surface area contributed by atoms with Gasteiger partial charge in [0.15, 0.2) is 0 Å². The fourth-order valence-corrected chi connectivity index (χ4v) is 10.5. The van der Waals surface area contributed by atoms with Gasteiger partial charge >= 0.3 is 0 Å². The zero-order chi connectivity index (χ0) is 47.0. The van der Waals surface area contributed by atoms with E-state index >= 15 is 0 Å². The smallest absolute Gasteiger partial charge is 0.238 e. The minimum absolute atomic E-state index is 0.0197. The molecule has 1 saturated heterocycles. The summed E-state index contributed by atoms with van der Waals surface area (Å²) in [4.78, 5) is 34.1. The Morgan fingerprint density at radius 3 is 2.46 bits per heavy atom. The normalized spacial score (nSPS) is 19.3. The van der Waals surface area contributed by atoms with Crippen LogP contribution in [0.25, 0.3) is 11.3 Å². The van der Waals surface area contributed by atoms with Gasteiger partial charge < -0.3 is 19.9 Å². The zero-order valence-corrected chi connectivity index (χ0v) is 41.1. The predicted octanol–water partition coefficient (Wildman–Crippen LogP) is 7.23. The average molecular weight is 884 g/mol. The molecule has 1 amide bonds. The summed E-state index contributed by atoms with van der Waals surface area (Å²) >= 11 is 0. The van der Waals surface area contributed by atoms with Crippen LogP contribution < -0.4 is 31.8 Å². The number of benzene rings is 1. The summed E-state index contributed by atoms with van der Waals surface area (Å²) in [5.74, 6) is 8.72. The number of fused-ring (bicyclic) bond motifs is 1. The topological polar surface area (TPSA) is 115 Å². The number of anilines is 2. The summed E-state index contributed by atoms with van der Waals surface area (Å²) in [6.45, 7) is 23.5. The number of pyridine rings is 2. The third-order valence-electron chi connectivity index (χ3n) is 14.2. The molecule has 2 aliphatic heterocycles. The Labute approximate surface area is 393 Å². The van der Waals surface area contributed by atoms with E-state index in [9.17, 15) is 4.79 Å². The second kappa shape index (κ2) is 22.5. The molecule has 0 bridgehead atoms. The van der Waals surface area contributed by atoms with E-state index in [4.69, 9.17) is 34.8 Å². The molecule has 3 aromatic rings. The van der Waals surface area contributed by atoms with Gasteiger partial charge in [0.05, 0.1) is 47.5 Å². The number of likely N-dealkylation sites (N-methyl/N-ethyl adjacent to an activating group) is 2. The molecule has 5 unspecified atom stereocenters. The fraction of sp³-hybridized carbons (Fsp3) is 0.604. The van der Waals surface area contributed by atoms with Crippen molar-refractivity contribution in [2.75, 3.05) is 70.3 Å². The van der Waals surface area contributed by atoms with E-state index in [-0.39, 0.29) is 47.4 Å². The molecular weight excluding hydrogens is 805 g/mol. The summed E-state index contributed by atoms with van der Waals surface area (Å²) in [5.41, 5.74) is 12.8. The standard InChI is InChI=1S/C53H78BN9O2/c1-12-14-22-53(7,8)33-45-43-28-38(47-30-39(54)29-40(58-47)31-46(36(5)17-15-16-23-57-55)59-52(64)50(35(3)4)60(9)10)18-21-48(43)63(13-2)51(45)44-32-42(34-56-49(44)37(6)65-11)62-26-24-61(25-27-62)41-19-20-41/h1,18,21,28-30,32,34-35,37,41,45-46,50-51,57H,5,13-17,19-20,22-27,31,33,55H2,2-4,6-11H3,(H,59,64). The first kappa shape index (κ1) is 50.2. The number of terminal acetylenes is 1. The van der Waals surface area contributed by atoms with Crippen molar-refractivity contribution < 1.29 is 9.53 Å². The molecule has 1 aromatic carbocycles. The van der Waals surface area contributed by atoms with E-state index in [1.807, 2.05) is 31.1 Å². The van der Waals surface area contributed by atoms with Crippen molar-refractivity contribution in [3.63, 3.8) is 0 Å². The van der Waals surface area contributed by atoms with Crippen molar-refractivity contribution >= 4 is 30.6 Å². The predicted molar refractivity (Wildman–Crippen MR) is 270 cm³/mol. The van der Waals surface area contributed by atoms with Crippen LogP contribution >= 0.6 is 0 Å². The number of amides is 1. The summed E-state index contributed by atoms with van der Waals surface area (Å²) < 4.78 is 6.05. The van der Waals surface area contributed by atoms with E-state index in [0.29, 0.717) is 11.9 Å². The third kappa shape index (κ3) is 12.4. The molecule has 2 radical (unpaired) electrons. The lowest BCUT2D eigenvalue weighted by atomic mass is 9.74. The van der Waals surface area contributed by atoms with Crippen LogP contribution in [0.3, 0.4) is 0 Å². The van der Waals surface area contributed by atoms with Crippen LogP contribution in [0.2, 0.25) is 0 Å². The van der Waals surface area contributed by atoms with Crippen molar-refractivity contribution in [2.24, 2.45) is 17.2 Å². The third-order valence-corrected chi connectivity index (χ3v) is 14.2. The Kier molecular flexibility index (Phi) is 17.4. The number of nitrogens with two attached hydrogens (primary N) is 1. The van der Waals surface area contributed by atoms with Crippen molar-refractivity contribution in [3.8, 4) is 23.6 Å². The molecule has 1 saturated carbocycles. The number of carbonyl (C=O) groups is 1. The van der Waals surface area contributed by atoms with Crippen molar-refractivity contribution in [1.29, 1.82) is 0 Å². The number of hydrazine groups is 1. The van der Waals surface area contributed by atoms with Crippen LogP contribution in [-0.4, -0.2) is 112 Å². The number of unbranched alkanes of at least 4 members (excludes halogenated alkanes) is 1. The highest BCUT2D eigenvalue weighted by atomic mass is 16.5. The molecule has 0 spiro atoms. The molecule has 6 rings (SSSR count). The Balaban J connectivity index is 1.38. The van der Waals surface area contributed by atoms with Gasteiger partial charge in [-0.1, -0.05) is 51.4 Å². The summed E-state index contributed by atoms with van der Waals surface area (Å²) in [6.07, 6.45) is 16.1. The number of hydrogen-bond donors (Lipinski definition) is 3. The largest absolute Gasteiger partial charge is 0.375 e. The second-order valence-corrected chi connectivity index (χ2v) is 20.2. The molecule has 65 heavy (non-hydrogen) atoms. The number of hydrogen-bond acceptors (Lipinski definition) is 10. The number of carbonyl (C=O) groups excluding carboxylic acids is 1. The van der Waals surface area contributed by atoms with Gasteiger partial charge in [-0.3, -0.25) is 35.8 Å². The number of nitrogens with one attached hydrogen (secondary N) is 2. The second-order valence-electron chi connectivity index (χ2n) is 20.2. The maximum Gasteiger partial charge on any atom is 0.238 e. The van der Waals surface area contributed by atoms with Crippen LogP contribution in [0.15, 0.2) is 54.7 Å². The number of rotatable bonds is 23. The van der Waals surface area contributed by atoms with E-state index in [1.54, 1.807) is 7.11 Å². The molecule has 4 heterocycles. The number of nitrogens with zero attached hydrogens (tertiary/aromatic N) is 6. The number of piperazine rings is 1. The molecule has 1 aliphatic carbocycles. The number of ether oxygens (including phenoxy) is 1. The van der Waals surface area contributed by atoms with Crippen molar-refractivity contribution in [2.45, 2.75) is 136 Å². The lowest BCUT2D eigenvalue weighted by molar-refractivity contribution is -0.127. The lowest BCUT2D eigenvalue weighted by Crippen LogP contribution is -2.50. The highest BCUT2D eigenvalue weighted by molar-refractivity contribution is 6.32. The first-order chi connectivity index (χ1) is 31.1. The molecule has 4 N–H and O–H groups in total. The molecular formula is C53H78BN9O2. The number of methoxy groups -OCH3 is 1. The molecule has 2 aromatic heterocycles. The van der Waals surface area contributed by atoms with E-state index in [2.05, 4.69) is 110 Å². The van der Waals surface area contributed by atoms with Gasteiger partial charge in [0.1, 0.15) is 7.85 Å². The van der Waals surface area contributed by atoms with E-state index in [1.165, 1.54) is 35.3 Å². The van der Waals surface area contributed by atoms with Gasteiger partial charge in [-0.25, -0.2) is 0 Å². The van der Waals surface area contributed by atoms with Gasteiger partial charge in [-0.05, 0) is 120 Å². The van der Waals surface area contributed by atoms with Gasteiger partial charge in [0.25, 0.3) is 0 Å². The molecule has 2 fully saturated rings. The summed E-state index contributed by atoms with van der Waals surface area (Å²) in [7, 11) is 12.4. The van der Waals surface area contributed by atoms with Crippen LogP contribution in [0.4, 0.5) is 11.4 Å². The Morgan fingerprint density at radius 1 is 1.09 bits per heavy atom. The van der Waals surface area contributed by atoms with Crippen LogP contribution in [0.5, 0.6) is 0 Å². The maximum absolute atomic E-state index is 13.9. The molecule has 11 nitrogen and oxygen atoms in total. The summed E-state index contributed by atoms with van der Waals surface area (Å²) in [5, 5.41) is 3.37. The summed E-state index contributed by atoms with van der Waals surface area (Å²) in [6, 6.07) is 13.4. The lowest BCUT2D eigenvalue weighted by Gasteiger charge is -2.38. The van der Waals surface area contributed by atoms with Crippen LogP contribution in [-0.2, 0) is 16.0 Å². The highest BCUT2D eigenvalue weighted by Gasteiger charge is 2.43. The molecule has 12 heteroatoms. The highest BCUT2D eigenvalue weighted by Crippen LogP contribution is 2.55. The molecule has 5 atom stereocenters. The van der Waals surface area contributed by atoms with E-state index < -0.39 is 0 Å². The van der Waals surface area contributed by atoms with Gasteiger partial charge in [0.2, 0.25) is 5.91 Å². The fourth-order valence-electron chi connectivity index (χ4n) is 10.5. The van der Waals surface area contributed by atoms with Gasteiger partial charge in [0, 0.05) is 93.7 Å². The van der Waals surface area contributed by atoms with Gasteiger partial charge in [-0.2, -0.15) is 0 Å². The Morgan fingerprint density at radius 2 is 1.83 bits per heavy atom. The Hall–Kier alpha value is -4.25. The monoisotopic (exact) mass is 884 g/mol. The van der Waals surface area contributed by atoms with Gasteiger partial charge in [-0.15, -0.1) is 12.3 Å². The maximum atomic E-state index is 13.9. The van der Waals surface area contributed by atoms with Crippen LogP contribution in [0.1, 0.15) is 133 Å². The zero-order valence-electron chi connectivity index (χ0n) is 41.1. The Bertz CT molecular complexity index is 2110. The first-order valence-corrected chi connectivity index (χ1v) is 24.3. The van der Waals surface area contributed by atoms with Crippen molar-refractivity contribution in [1.82, 2.24) is 30.5 Å². The quantitative estimate of drug-likeness (QED) is 0.0225. The molecule has 3 aliphatic rings. The van der Waals surface area contributed by atoms with E-state index in [0.717, 1.165) is 112 Å². The van der Waals surface area contributed by atoms with Crippen LogP contribution in [0, 0.1) is 23.7 Å². The minimum atomic E-state index is -0.319. The molecule has 350 valence electrons. The average Bonchev–Trinajstić information content (AvgIpc) is 4.09. The SMILES string of the molecule is [B]c1cc(CC(NC(=O)C(C(C)C)N(C)C)C(=C)CCCCNN)nc(-c2ccc3c(c2)C(CC(C)(C)CCC#C)C(c2cc(N4CCN(C5CC5)CC4)cnc2C(C)OC)N3CC)c1. The minimum Gasteiger partial charge on any atom is -0.375 e. The van der Waals surface area contributed by atoms with Crippen molar-refractivity contribution in [3.05, 3.63) is 77.3 Å². The first-order valence-electron chi connectivity index (χ1n) is 24.3.